The number of hydrogen-bond donors (Lipinski definition) is 0. The average Bonchev–Trinajstić information content (AvgIpc) is 2.88. The minimum absolute atomic E-state index is 0.633. The van der Waals surface area contributed by atoms with Crippen LogP contribution in [-0.4, -0.2) is 34.7 Å². The van der Waals surface area contributed by atoms with Crippen molar-refractivity contribution in [3.63, 3.8) is 0 Å². The summed E-state index contributed by atoms with van der Waals surface area (Å²) in [7, 11) is -0.644. The van der Waals surface area contributed by atoms with Gasteiger partial charge in [0.15, 0.2) is 9.76 Å². The third kappa shape index (κ3) is 24.3. The fourth-order valence-electron chi connectivity index (χ4n) is 4.75. The third-order valence-corrected chi connectivity index (χ3v) is 8.90. The van der Waals surface area contributed by atoms with Gasteiger partial charge in [-0.25, -0.2) is 0 Å². The second kappa shape index (κ2) is 29.5. The lowest BCUT2D eigenvalue weighted by atomic mass is 10.0. The summed E-state index contributed by atoms with van der Waals surface area (Å²) in [6.45, 7) is 7.63. The first-order valence-corrected chi connectivity index (χ1v) is 18.2. The molecule has 0 unspecified atom stereocenters. The number of nitrogens with zero attached hydrogens (tertiary/aromatic N) is 1. The van der Waals surface area contributed by atoms with Crippen LogP contribution in [0.2, 0.25) is 6.04 Å². The summed E-state index contributed by atoms with van der Waals surface area (Å²) in [4.78, 5) is 0. The number of hydrogen-bond acceptors (Lipinski definition) is 5. The molecule has 0 aromatic carbocycles. The molecule has 0 aliphatic carbocycles. The van der Waals surface area contributed by atoms with Crippen LogP contribution >= 0.6 is 11.8 Å². The zero-order chi connectivity index (χ0) is 26.4. The lowest BCUT2D eigenvalue weighted by molar-refractivity contribution is -0.345. The predicted octanol–water partition coefficient (Wildman–Crippen LogP) is 9.66. The number of ether oxygens (including phenoxy) is 2. The van der Waals surface area contributed by atoms with E-state index in [1.165, 1.54) is 133 Å². The van der Waals surface area contributed by atoms with E-state index >= 15 is 0 Å². The summed E-state index contributed by atoms with van der Waals surface area (Å²) in [5, 5.41) is 10.7. The number of nitriles is 1. The van der Waals surface area contributed by atoms with Gasteiger partial charge in [-0.3, -0.25) is 0 Å². The largest absolute Gasteiger partial charge is 0.376 e. The predicted molar refractivity (Wildman–Crippen MR) is 161 cm³/mol. The highest BCUT2D eigenvalue weighted by molar-refractivity contribution is 8.03. The monoisotopic (exact) mass is 543 g/mol. The topological polar surface area (TPSA) is 51.5 Å². The van der Waals surface area contributed by atoms with E-state index in [1.807, 2.05) is 13.8 Å². The molecule has 4 nitrogen and oxygen atoms in total. The Morgan fingerprint density at radius 2 is 1.06 bits per heavy atom. The molecule has 0 rings (SSSR count). The maximum absolute atomic E-state index is 8.56. The molecule has 0 bridgehead atoms. The van der Waals surface area contributed by atoms with Gasteiger partial charge in [-0.15, -0.1) is 0 Å². The molecule has 0 fully saturated rings. The average molecular weight is 544 g/mol. The molecule has 0 saturated carbocycles. The van der Waals surface area contributed by atoms with Crippen LogP contribution in [0.5, 0.6) is 0 Å². The van der Waals surface area contributed by atoms with E-state index in [-0.39, 0.29) is 0 Å². The molecular weight excluding hydrogens is 482 g/mol. The minimum Gasteiger partial charge on any atom is -0.376 e. The standard InChI is InChI=1S/C30H61NO3SSi/c1-4-7-8-9-10-11-12-13-14-15-16-17-18-20-23-26-30(32-5-2,33-6-3)34-36-28-25-22-19-21-24-27-35-29-31/h4-28,36H2,1-3H3. The van der Waals surface area contributed by atoms with Crippen LogP contribution in [0.4, 0.5) is 0 Å². The van der Waals surface area contributed by atoms with E-state index in [1.54, 1.807) is 0 Å². The van der Waals surface area contributed by atoms with Crippen LogP contribution in [0.15, 0.2) is 0 Å². The summed E-state index contributed by atoms with van der Waals surface area (Å²) >= 11 is 1.37. The summed E-state index contributed by atoms with van der Waals surface area (Å²) in [5.41, 5.74) is 0. The molecular formula is C30H61NO3SSi. The van der Waals surface area contributed by atoms with Gasteiger partial charge in [-0.2, -0.15) is 5.26 Å². The fraction of sp³-hybridized carbons (Fsp3) is 0.967. The molecule has 0 aliphatic heterocycles. The van der Waals surface area contributed by atoms with Gasteiger partial charge in [-0.05, 0) is 44.5 Å². The Kier molecular flexibility index (Phi) is 29.4. The molecule has 0 spiro atoms. The molecule has 214 valence electrons. The van der Waals surface area contributed by atoms with Crippen LogP contribution in [0, 0.1) is 10.7 Å². The first kappa shape index (κ1) is 35.9. The zero-order valence-electron chi connectivity index (χ0n) is 24.5. The Balaban J connectivity index is 3.80. The van der Waals surface area contributed by atoms with Gasteiger partial charge in [0, 0.05) is 25.4 Å². The molecule has 0 N–H and O–H groups in total. The van der Waals surface area contributed by atoms with E-state index in [2.05, 4.69) is 12.3 Å². The molecule has 0 heterocycles. The van der Waals surface area contributed by atoms with Crippen molar-refractivity contribution in [3.05, 3.63) is 0 Å². The van der Waals surface area contributed by atoms with Crippen LogP contribution in [0.3, 0.4) is 0 Å². The van der Waals surface area contributed by atoms with Crippen LogP contribution < -0.4 is 0 Å². The van der Waals surface area contributed by atoms with Gasteiger partial charge in [0.1, 0.15) is 5.40 Å². The molecule has 0 aromatic rings. The Morgan fingerprint density at radius 1 is 0.611 bits per heavy atom. The molecule has 0 saturated heterocycles. The van der Waals surface area contributed by atoms with E-state index in [0.29, 0.717) is 13.2 Å². The lowest BCUT2D eigenvalue weighted by Gasteiger charge is -2.33. The Bertz CT molecular complexity index is 470. The maximum Gasteiger partial charge on any atom is 0.272 e. The van der Waals surface area contributed by atoms with Crippen LogP contribution in [0.25, 0.3) is 0 Å². The molecule has 0 aromatic heterocycles. The first-order valence-electron chi connectivity index (χ1n) is 15.7. The SMILES string of the molecule is CCCCCCCCCCCCCCCCCC(OCC)(OCC)O[SiH2]CCCCCCCSC#N. The van der Waals surface area contributed by atoms with Crippen molar-refractivity contribution in [2.75, 3.05) is 19.0 Å². The highest BCUT2D eigenvalue weighted by atomic mass is 32.2. The van der Waals surface area contributed by atoms with Gasteiger partial charge in [0.2, 0.25) is 0 Å². The van der Waals surface area contributed by atoms with E-state index in [9.17, 15) is 0 Å². The smallest absolute Gasteiger partial charge is 0.272 e. The number of thiocyanates is 1. The fourth-order valence-corrected chi connectivity index (χ4v) is 6.51. The van der Waals surface area contributed by atoms with Crippen molar-refractivity contribution >= 4 is 21.5 Å². The number of thioether (sulfide) groups is 1. The minimum atomic E-state index is -0.791. The molecule has 6 heteroatoms. The van der Waals surface area contributed by atoms with E-state index in [0.717, 1.165) is 25.0 Å². The summed E-state index contributed by atoms with van der Waals surface area (Å²) in [6, 6.07) is 1.19. The Hall–Kier alpha value is -0.0631. The van der Waals surface area contributed by atoms with E-state index in [4.69, 9.17) is 19.2 Å². The highest BCUT2D eigenvalue weighted by Crippen LogP contribution is 2.25. The summed E-state index contributed by atoms with van der Waals surface area (Å²) in [6.07, 6.45) is 27.7. The molecule has 36 heavy (non-hydrogen) atoms. The van der Waals surface area contributed by atoms with Gasteiger partial charge in [-0.1, -0.05) is 122 Å². The van der Waals surface area contributed by atoms with Crippen molar-refractivity contribution in [1.82, 2.24) is 0 Å². The van der Waals surface area contributed by atoms with Crippen molar-refractivity contribution in [1.29, 1.82) is 5.26 Å². The van der Waals surface area contributed by atoms with Crippen molar-refractivity contribution in [2.24, 2.45) is 0 Å². The quantitative estimate of drug-likeness (QED) is 0.0390. The summed E-state index contributed by atoms with van der Waals surface area (Å²) < 4.78 is 18.4. The second-order valence-electron chi connectivity index (χ2n) is 10.2. The first-order chi connectivity index (χ1) is 17.7. The van der Waals surface area contributed by atoms with Crippen LogP contribution in [0.1, 0.15) is 156 Å². The van der Waals surface area contributed by atoms with Crippen molar-refractivity contribution in [2.45, 2.75) is 168 Å². The molecule has 0 radical (unpaired) electrons. The number of rotatable bonds is 30. The molecule has 0 amide bonds. The van der Waals surface area contributed by atoms with Gasteiger partial charge < -0.3 is 13.9 Å². The van der Waals surface area contributed by atoms with Crippen LogP contribution in [-0.2, 0) is 13.9 Å². The molecule has 0 atom stereocenters. The van der Waals surface area contributed by atoms with Gasteiger partial charge in [0.25, 0.3) is 5.97 Å². The Morgan fingerprint density at radius 3 is 1.53 bits per heavy atom. The number of unbranched alkanes of at least 4 members (excludes halogenated alkanes) is 18. The van der Waals surface area contributed by atoms with E-state index < -0.39 is 15.7 Å². The van der Waals surface area contributed by atoms with Crippen molar-refractivity contribution < 1.29 is 13.9 Å². The zero-order valence-corrected chi connectivity index (χ0v) is 26.7. The van der Waals surface area contributed by atoms with Gasteiger partial charge in [0.05, 0.1) is 0 Å². The second-order valence-corrected chi connectivity index (χ2v) is 12.4. The summed E-state index contributed by atoms with van der Waals surface area (Å²) in [5.74, 6) is 0.180. The third-order valence-electron chi connectivity index (χ3n) is 6.84. The Labute approximate surface area is 232 Å². The lowest BCUT2D eigenvalue weighted by Crippen LogP contribution is -2.40. The normalized spacial score (nSPS) is 12.1. The maximum atomic E-state index is 8.56. The molecule has 0 aliphatic rings. The van der Waals surface area contributed by atoms with Gasteiger partial charge >= 0.3 is 0 Å². The highest BCUT2D eigenvalue weighted by Gasteiger charge is 2.31. The van der Waals surface area contributed by atoms with Crippen molar-refractivity contribution in [3.8, 4) is 5.40 Å².